The van der Waals surface area contributed by atoms with Crippen molar-refractivity contribution < 1.29 is 9.90 Å². The van der Waals surface area contributed by atoms with E-state index in [1.54, 1.807) is 17.5 Å². The van der Waals surface area contributed by atoms with Crippen molar-refractivity contribution in [2.24, 2.45) is 11.8 Å². The second kappa shape index (κ2) is 9.43. The molecule has 3 aromatic rings. The van der Waals surface area contributed by atoms with Crippen LogP contribution < -0.4 is 10.2 Å². The first kappa shape index (κ1) is 21.2. The van der Waals surface area contributed by atoms with Gasteiger partial charge in [0, 0.05) is 26.0 Å². The molecule has 31 heavy (non-hydrogen) atoms. The van der Waals surface area contributed by atoms with Crippen molar-refractivity contribution in [3.8, 4) is 10.6 Å². The number of nitrogens with zero attached hydrogens (tertiary/aromatic N) is 4. The average molecular weight is 438 g/mol. The van der Waals surface area contributed by atoms with Gasteiger partial charge in [-0.2, -0.15) is 0 Å². The third-order valence-electron chi connectivity index (χ3n) is 5.72. The molecule has 0 amide bonds. The SMILES string of the molecule is Cc1ccnc(Nc2cccc(-c3cnc(N(C)CC4CCC(C(=O)O)CC4)s3)n2)c1. The van der Waals surface area contributed by atoms with E-state index in [0.717, 1.165) is 65.1 Å². The number of hydrogen-bond donors (Lipinski definition) is 2. The van der Waals surface area contributed by atoms with Gasteiger partial charge in [0.2, 0.25) is 0 Å². The first-order chi connectivity index (χ1) is 15.0. The summed E-state index contributed by atoms with van der Waals surface area (Å²) in [6.07, 6.45) is 7.12. The minimum atomic E-state index is -0.654. The van der Waals surface area contributed by atoms with Crippen molar-refractivity contribution >= 4 is 34.1 Å². The van der Waals surface area contributed by atoms with Crippen molar-refractivity contribution in [3.05, 3.63) is 48.3 Å². The van der Waals surface area contributed by atoms with Gasteiger partial charge < -0.3 is 15.3 Å². The Morgan fingerprint density at radius 3 is 2.74 bits per heavy atom. The summed E-state index contributed by atoms with van der Waals surface area (Å²) >= 11 is 1.62. The Labute approximate surface area is 186 Å². The van der Waals surface area contributed by atoms with Gasteiger partial charge in [0.05, 0.1) is 16.5 Å². The van der Waals surface area contributed by atoms with Gasteiger partial charge in [0.1, 0.15) is 11.6 Å². The molecule has 2 N–H and O–H groups in total. The van der Waals surface area contributed by atoms with Gasteiger partial charge in [-0.1, -0.05) is 17.4 Å². The monoisotopic (exact) mass is 437 g/mol. The molecule has 0 spiro atoms. The molecule has 0 aromatic carbocycles. The quantitative estimate of drug-likeness (QED) is 0.539. The van der Waals surface area contributed by atoms with Crippen LogP contribution in [0.25, 0.3) is 10.6 Å². The van der Waals surface area contributed by atoms with Crippen molar-refractivity contribution in [2.45, 2.75) is 32.6 Å². The molecule has 0 saturated heterocycles. The molecule has 1 aliphatic carbocycles. The maximum Gasteiger partial charge on any atom is 0.306 e. The van der Waals surface area contributed by atoms with Gasteiger partial charge in [0.25, 0.3) is 0 Å². The van der Waals surface area contributed by atoms with E-state index < -0.39 is 5.97 Å². The normalized spacial score (nSPS) is 18.5. The van der Waals surface area contributed by atoms with E-state index in [2.05, 4.69) is 27.2 Å². The van der Waals surface area contributed by atoms with Crippen LogP contribution in [0.2, 0.25) is 0 Å². The van der Waals surface area contributed by atoms with E-state index in [9.17, 15) is 9.90 Å². The number of aryl methyl sites for hydroxylation is 1. The zero-order chi connectivity index (χ0) is 21.8. The highest BCUT2D eigenvalue weighted by Gasteiger charge is 2.27. The molecule has 0 unspecified atom stereocenters. The lowest BCUT2D eigenvalue weighted by Crippen LogP contribution is -2.30. The van der Waals surface area contributed by atoms with Crippen molar-refractivity contribution in [1.82, 2.24) is 15.0 Å². The van der Waals surface area contributed by atoms with Crippen molar-refractivity contribution in [2.75, 3.05) is 23.8 Å². The second-order valence-electron chi connectivity index (χ2n) is 8.19. The number of carboxylic acid groups (broad SMARTS) is 1. The molecule has 1 saturated carbocycles. The molecule has 0 atom stereocenters. The smallest absolute Gasteiger partial charge is 0.306 e. The number of thiazole rings is 1. The topological polar surface area (TPSA) is 91.2 Å². The molecule has 4 rings (SSSR count). The number of aromatic nitrogens is 3. The van der Waals surface area contributed by atoms with E-state index in [4.69, 9.17) is 4.98 Å². The molecule has 3 heterocycles. The highest BCUT2D eigenvalue weighted by atomic mass is 32.1. The summed E-state index contributed by atoms with van der Waals surface area (Å²) in [5.74, 6) is 1.20. The Hall–Kier alpha value is -3.00. The molecule has 3 aromatic heterocycles. The largest absolute Gasteiger partial charge is 0.481 e. The van der Waals surface area contributed by atoms with Crippen LogP contribution in [0.3, 0.4) is 0 Å². The Bertz CT molecular complexity index is 1050. The van der Waals surface area contributed by atoms with Gasteiger partial charge in [-0.3, -0.25) is 4.79 Å². The van der Waals surface area contributed by atoms with E-state index in [0.29, 0.717) is 5.92 Å². The number of aliphatic carboxylic acids is 1. The lowest BCUT2D eigenvalue weighted by molar-refractivity contribution is -0.143. The van der Waals surface area contributed by atoms with Crippen LogP contribution in [0.5, 0.6) is 0 Å². The van der Waals surface area contributed by atoms with Crippen LogP contribution in [0.4, 0.5) is 16.8 Å². The van der Waals surface area contributed by atoms with Crippen LogP contribution >= 0.6 is 11.3 Å². The Kier molecular flexibility index (Phi) is 6.46. The number of anilines is 3. The van der Waals surface area contributed by atoms with Crippen LogP contribution in [0.15, 0.2) is 42.7 Å². The fraction of sp³-hybridized carbons (Fsp3) is 0.391. The number of carbonyl (C=O) groups is 1. The maximum absolute atomic E-state index is 11.2. The maximum atomic E-state index is 11.2. The van der Waals surface area contributed by atoms with Crippen LogP contribution in [-0.4, -0.2) is 39.6 Å². The first-order valence-electron chi connectivity index (χ1n) is 10.5. The predicted octanol–water partition coefficient (Wildman–Crippen LogP) is 4.98. The van der Waals surface area contributed by atoms with Gasteiger partial charge in [-0.15, -0.1) is 0 Å². The summed E-state index contributed by atoms with van der Waals surface area (Å²) in [4.78, 5) is 28.0. The highest BCUT2D eigenvalue weighted by Crippen LogP contribution is 2.33. The second-order valence-corrected chi connectivity index (χ2v) is 9.20. The third-order valence-corrected chi connectivity index (χ3v) is 6.86. The molecular formula is C23H27N5O2S. The van der Waals surface area contributed by atoms with E-state index in [-0.39, 0.29) is 5.92 Å². The number of pyridine rings is 2. The summed E-state index contributed by atoms with van der Waals surface area (Å²) in [6, 6.07) is 9.83. The van der Waals surface area contributed by atoms with Gasteiger partial charge in [0.15, 0.2) is 5.13 Å². The zero-order valence-corrected chi connectivity index (χ0v) is 18.6. The fourth-order valence-corrected chi connectivity index (χ4v) is 4.85. The van der Waals surface area contributed by atoms with Gasteiger partial charge >= 0.3 is 5.97 Å². The standard InChI is InChI=1S/C23H27N5O2S/c1-15-10-11-24-21(12-15)27-20-5-3-4-18(26-20)19-13-25-23(31-19)28(2)14-16-6-8-17(9-7-16)22(29)30/h3-5,10-13,16-17H,6-9,14H2,1-2H3,(H,29,30)(H,24,26,27). The summed E-state index contributed by atoms with van der Waals surface area (Å²) in [5, 5.41) is 13.4. The zero-order valence-electron chi connectivity index (χ0n) is 17.8. The summed E-state index contributed by atoms with van der Waals surface area (Å²) in [6.45, 7) is 2.93. The minimum Gasteiger partial charge on any atom is -0.481 e. The van der Waals surface area contributed by atoms with E-state index >= 15 is 0 Å². The average Bonchev–Trinajstić information content (AvgIpc) is 3.25. The van der Waals surface area contributed by atoms with Crippen molar-refractivity contribution in [1.29, 1.82) is 0 Å². The molecule has 0 radical (unpaired) electrons. The molecule has 8 heteroatoms. The molecule has 1 fully saturated rings. The van der Waals surface area contributed by atoms with Gasteiger partial charge in [-0.05, 0) is 68.4 Å². The summed E-state index contributed by atoms with van der Waals surface area (Å²) < 4.78 is 0. The van der Waals surface area contributed by atoms with E-state index in [1.807, 2.05) is 43.5 Å². The summed E-state index contributed by atoms with van der Waals surface area (Å²) in [5.41, 5.74) is 2.01. The summed E-state index contributed by atoms with van der Waals surface area (Å²) in [7, 11) is 2.06. The lowest BCUT2D eigenvalue weighted by Gasteiger charge is -2.29. The fourth-order valence-electron chi connectivity index (χ4n) is 3.99. The molecule has 162 valence electrons. The Balaban J connectivity index is 1.40. The van der Waals surface area contributed by atoms with Crippen LogP contribution in [-0.2, 0) is 4.79 Å². The first-order valence-corrected chi connectivity index (χ1v) is 11.4. The number of carboxylic acids is 1. The molecule has 0 aliphatic heterocycles. The Morgan fingerprint density at radius 2 is 2.00 bits per heavy atom. The van der Waals surface area contributed by atoms with Crippen LogP contribution in [0, 0.1) is 18.8 Å². The minimum absolute atomic E-state index is 0.171. The van der Waals surface area contributed by atoms with Crippen LogP contribution in [0.1, 0.15) is 31.2 Å². The highest BCUT2D eigenvalue weighted by molar-refractivity contribution is 7.18. The molecular weight excluding hydrogens is 410 g/mol. The predicted molar refractivity (Wildman–Crippen MR) is 124 cm³/mol. The molecule has 7 nitrogen and oxygen atoms in total. The third kappa shape index (κ3) is 5.38. The number of nitrogens with one attached hydrogen (secondary N) is 1. The number of rotatable bonds is 7. The van der Waals surface area contributed by atoms with Gasteiger partial charge in [-0.25, -0.2) is 15.0 Å². The van der Waals surface area contributed by atoms with Crippen molar-refractivity contribution in [3.63, 3.8) is 0 Å². The Morgan fingerprint density at radius 1 is 1.19 bits per heavy atom. The molecule has 1 aliphatic rings. The number of hydrogen-bond acceptors (Lipinski definition) is 7. The molecule has 0 bridgehead atoms. The van der Waals surface area contributed by atoms with E-state index in [1.165, 1.54) is 0 Å². The lowest BCUT2D eigenvalue weighted by atomic mass is 9.82.